The summed E-state index contributed by atoms with van der Waals surface area (Å²) in [5, 5.41) is 0. The van der Waals surface area contributed by atoms with Crippen molar-refractivity contribution >= 4 is 0 Å². The summed E-state index contributed by atoms with van der Waals surface area (Å²) in [6.45, 7) is 0. The van der Waals surface area contributed by atoms with Gasteiger partial charge in [0.25, 0.3) is 0 Å². The summed E-state index contributed by atoms with van der Waals surface area (Å²) in [5.74, 6) is 1.24. The van der Waals surface area contributed by atoms with Crippen molar-refractivity contribution in [3.8, 4) is 17.1 Å². The Morgan fingerprint density at radius 1 is 1.44 bits per heavy atom. The van der Waals surface area contributed by atoms with Crippen LogP contribution in [0.4, 0.5) is 4.39 Å². The maximum atomic E-state index is 13.7. The minimum atomic E-state index is -0.385. The van der Waals surface area contributed by atoms with Gasteiger partial charge in [-0.2, -0.15) is 0 Å². The Bertz CT molecular complexity index is 561. The second-order valence-corrected chi connectivity index (χ2v) is 4.63. The third-order valence-corrected chi connectivity index (χ3v) is 3.23. The first-order valence-electron chi connectivity index (χ1n) is 6.04. The number of ether oxygens (including phenoxy) is 1. The predicted molar refractivity (Wildman–Crippen MR) is 64.9 cm³/mol. The predicted octanol–water partition coefficient (Wildman–Crippen LogP) is 3.44. The summed E-state index contributed by atoms with van der Waals surface area (Å²) in [6, 6.07) is 4.82. The number of benzene rings is 1. The van der Waals surface area contributed by atoms with Gasteiger partial charge in [-0.3, -0.25) is 0 Å². The molecule has 0 atom stereocenters. The highest BCUT2D eigenvalue weighted by molar-refractivity contribution is 5.61. The van der Waals surface area contributed by atoms with Crippen molar-refractivity contribution < 1.29 is 13.5 Å². The zero-order chi connectivity index (χ0) is 12.5. The Morgan fingerprint density at radius 2 is 2.28 bits per heavy atom. The quantitative estimate of drug-likeness (QED) is 0.830. The molecule has 3 nitrogen and oxygen atoms in total. The van der Waals surface area contributed by atoms with Gasteiger partial charge in [-0.1, -0.05) is 0 Å². The molecule has 18 heavy (non-hydrogen) atoms. The van der Waals surface area contributed by atoms with Crippen molar-refractivity contribution in [2.75, 3.05) is 7.11 Å². The average Bonchev–Trinajstić information content (AvgIpc) is 3.05. The lowest BCUT2D eigenvalue weighted by atomic mass is 10.1. The Labute approximate surface area is 105 Å². The fourth-order valence-electron chi connectivity index (χ4n) is 2.05. The molecule has 0 spiro atoms. The number of rotatable bonds is 4. The van der Waals surface area contributed by atoms with Crippen molar-refractivity contribution in [1.82, 2.24) is 4.98 Å². The van der Waals surface area contributed by atoms with Crippen LogP contribution in [0.15, 0.2) is 29.0 Å². The summed E-state index contributed by atoms with van der Waals surface area (Å²) < 4.78 is 24.0. The summed E-state index contributed by atoms with van der Waals surface area (Å²) in [6.07, 6.45) is 4.85. The number of methoxy groups -OCH3 is 1. The maximum absolute atomic E-state index is 13.7. The van der Waals surface area contributed by atoms with E-state index < -0.39 is 0 Å². The van der Waals surface area contributed by atoms with Crippen molar-refractivity contribution in [1.29, 1.82) is 0 Å². The lowest BCUT2D eigenvalue weighted by Gasteiger charge is -2.04. The second-order valence-electron chi connectivity index (χ2n) is 4.63. The van der Waals surface area contributed by atoms with Crippen LogP contribution in [0, 0.1) is 11.7 Å². The fraction of sp³-hybridized carbons (Fsp3) is 0.357. The monoisotopic (exact) mass is 247 g/mol. The zero-order valence-electron chi connectivity index (χ0n) is 10.1. The van der Waals surface area contributed by atoms with Gasteiger partial charge in [0, 0.05) is 5.56 Å². The van der Waals surface area contributed by atoms with Crippen LogP contribution in [0.25, 0.3) is 11.3 Å². The van der Waals surface area contributed by atoms with Crippen LogP contribution in [0.2, 0.25) is 0 Å². The van der Waals surface area contributed by atoms with Gasteiger partial charge in [-0.15, -0.1) is 0 Å². The van der Waals surface area contributed by atoms with E-state index in [0.29, 0.717) is 11.3 Å². The first-order valence-corrected chi connectivity index (χ1v) is 6.04. The molecule has 0 saturated heterocycles. The molecule has 1 heterocycles. The second kappa shape index (κ2) is 4.44. The third kappa shape index (κ3) is 2.10. The summed E-state index contributed by atoms with van der Waals surface area (Å²) in [7, 11) is 1.45. The molecule has 1 aromatic carbocycles. The highest BCUT2D eigenvalue weighted by Gasteiger charge is 2.25. The zero-order valence-corrected chi connectivity index (χ0v) is 10.1. The van der Waals surface area contributed by atoms with Crippen LogP contribution < -0.4 is 4.74 Å². The van der Waals surface area contributed by atoms with Crippen LogP contribution in [-0.4, -0.2) is 12.1 Å². The summed E-state index contributed by atoms with van der Waals surface area (Å²) in [5.41, 5.74) is 1.63. The van der Waals surface area contributed by atoms with Crippen molar-refractivity contribution in [2.45, 2.75) is 19.3 Å². The molecule has 1 aliphatic carbocycles. The van der Waals surface area contributed by atoms with Gasteiger partial charge < -0.3 is 9.15 Å². The van der Waals surface area contributed by atoms with Crippen LogP contribution >= 0.6 is 0 Å². The average molecular weight is 247 g/mol. The van der Waals surface area contributed by atoms with Crippen molar-refractivity contribution in [3.63, 3.8) is 0 Å². The fourth-order valence-corrected chi connectivity index (χ4v) is 2.05. The molecule has 0 amide bonds. The van der Waals surface area contributed by atoms with Crippen LogP contribution in [0.3, 0.4) is 0 Å². The molecule has 94 valence electrons. The molecular weight excluding hydrogens is 233 g/mol. The van der Waals surface area contributed by atoms with E-state index in [2.05, 4.69) is 4.98 Å². The van der Waals surface area contributed by atoms with Gasteiger partial charge in [-0.25, -0.2) is 9.37 Å². The van der Waals surface area contributed by atoms with Gasteiger partial charge in [0.15, 0.2) is 23.7 Å². The first kappa shape index (κ1) is 11.3. The Kier molecular flexibility index (Phi) is 2.78. The molecule has 1 aliphatic rings. The number of nitrogens with zero attached hydrogens (tertiary/aromatic N) is 1. The van der Waals surface area contributed by atoms with E-state index in [0.717, 1.165) is 18.0 Å². The molecule has 4 heteroatoms. The first-order chi connectivity index (χ1) is 8.78. The van der Waals surface area contributed by atoms with Gasteiger partial charge in [-0.05, 0) is 43.4 Å². The number of oxazole rings is 1. The van der Waals surface area contributed by atoms with E-state index in [1.165, 1.54) is 32.4 Å². The molecule has 0 unspecified atom stereocenters. The van der Waals surface area contributed by atoms with Gasteiger partial charge in [0.2, 0.25) is 0 Å². The molecular formula is C14H14FNO2. The molecule has 1 saturated carbocycles. The van der Waals surface area contributed by atoms with E-state index in [9.17, 15) is 4.39 Å². The number of halogens is 1. The smallest absolute Gasteiger partial charge is 0.181 e. The Balaban J connectivity index is 1.93. The maximum Gasteiger partial charge on any atom is 0.181 e. The van der Waals surface area contributed by atoms with Crippen LogP contribution in [-0.2, 0) is 6.42 Å². The van der Waals surface area contributed by atoms with Gasteiger partial charge in [0.05, 0.1) is 12.8 Å². The van der Waals surface area contributed by atoms with E-state index in [1.807, 2.05) is 0 Å². The molecule has 0 aliphatic heterocycles. The van der Waals surface area contributed by atoms with E-state index in [1.54, 1.807) is 12.1 Å². The third-order valence-electron chi connectivity index (χ3n) is 3.23. The van der Waals surface area contributed by atoms with Crippen molar-refractivity contribution in [2.24, 2.45) is 5.92 Å². The minimum Gasteiger partial charge on any atom is -0.494 e. The molecule has 2 aromatic rings. The van der Waals surface area contributed by atoms with E-state index in [-0.39, 0.29) is 11.6 Å². The Morgan fingerprint density at radius 3 is 2.94 bits per heavy atom. The largest absolute Gasteiger partial charge is 0.494 e. The number of hydrogen-bond acceptors (Lipinski definition) is 3. The molecule has 0 bridgehead atoms. The highest BCUT2D eigenvalue weighted by atomic mass is 19.1. The van der Waals surface area contributed by atoms with Crippen molar-refractivity contribution in [3.05, 3.63) is 36.1 Å². The standard InChI is InChI=1S/C14H14FNO2/c1-17-13-5-4-10(7-11(13)15)14-12(16-8-18-14)6-9-2-3-9/h4-5,7-9H,2-3,6H2,1H3. The number of aromatic nitrogens is 1. The molecule has 1 aromatic heterocycles. The van der Waals surface area contributed by atoms with Gasteiger partial charge >= 0.3 is 0 Å². The van der Waals surface area contributed by atoms with E-state index >= 15 is 0 Å². The summed E-state index contributed by atoms with van der Waals surface area (Å²) in [4.78, 5) is 4.22. The molecule has 0 radical (unpaired) electrons. The normalized spacial score (nSPS) is 14.8. The van der Waals surface area contributed by atoms with Crippen LogP contribution in [0.1, 0.15) is 18.5 Å². The number of hydrogen-bond donors (Lipinski definition) is 0. The molecule has 0 N–H and O–H groups in total. The lowest BCUT2D eigenvalue weighted by molar-refractivity contribution is 0.386. The minimum absolute atomic E-state index is 0.238. The van der Waals surface area contributed by atoms with Gasteiger partial charge in [0.1, 0.15) is 0 Å². The van der Waals surface area contributed by atoms with E-state index in [4.69, 9.17) is 9.15 Å². The topological polar surface area (TPSA) is 35.3 Å². The lowest BCUT2D eigenvalue weighted by Crippen LogP contribution is -1.92. The SMILES string of the molecule is COc1ccc(-c2ocnc2CC2CC2)cc1F. The summed E-state index contributed by atoms with van der Waals surface area (Å²) >= 11 is 0. The Hall–Kier alpha value is -1.84. The molecule has 3 rings (SSSR count). The molecule has 1 fully saturated rings. The van der Waals surface area contributed by atoms with Crippen LogP contribution in [0.5, 0.6) is 5.75 Å². The highest BCUT2D eigenvalue weighted by Crippen LogP contribution is 2.35.